The second kappa shape index (κ2) is 16.4. The van der Waals surface area contributed by atoms with E-state index in [1.54, 1.807) is 0 Å². The third kappa shape index (κ3) is 8.63. The number of benzene rings is 2. The fraction of sp³-hybridized carbons (Fsp3) is 0.286. The van der Waals surface area contributed by atoms with Gasteiger partial charge in [0, 0.05) is 42.7 Å². The summed E-state index contributed by atoms with van der Waals surface area (Å²) >= 11 is 0. The molecule has 3 aromatic rings. The summed E-state index contributed by atoms with van der Waals surface area (Å²) in [6.07, 6.45) is 1.90. The van der Waals surface area contributed by atoms with Gasteiger partial charge in [0.15, 0.2) is 0 Å². The van der Waals surface area contributed by atoms with Gasteiger partial charge in [0.05, 0.1) is 5.69 Å². The number of rotatable bonds is 10. The van der Waals surface area contributed by atoms with Crippen LogP contribution in [0.3, 0.4) is 0 Å². The SMILES string of the molecule is C=C/C(=C(/[N-]Cc1cccc(-c2ccccc2-c2cccc(C(C)C)c2O)n1)C(=C)C(C)C)C(C)C.[CH3-].[CH3-].[Hf]. The number of pyridine rings is 1. The monoisotopic (exact) mass is 689 g/mol. The Hall–Kier alpha value is -2.72. The van der Waals surface area contributed by atoms with Crippen molar-refractivity contribution in [3.8, 4) is 28.1 Å². The van der Waals surface area contributed by atoms with Crippen molar-refractivity contribution in [2.45, 2.75) is 54.0 Å². The van der Waals surface area contributed by atoms with E-state index in [4.69, 9.17) is 10.3 Å². The molecule has 39 heavy (non-hydrogen) atoms. The van der Waals surface area contributed by atoms with Crippen LogP contribution in [0.15, 0.2) is 96.7 Å². The Kier molecular flexibility index (Phi) is 15.3. The molecular formula is C35H45HfN2O-3. The first-order valence-corrected chi connectivity index (χ1v) is 12.8. The van der Waals surface area contributed by atoms with Gasteiger partial charge in [0.2, 0.25) is 0 Å². The molecule has 0 aliphatic heterocycles. The smallest absolute Gasteiger partial charge is 0.126 e. The average molecular weight is 688 g/mol. The molecular weight excluding hydrogens is 643 g/mol. The van der Waals surface area contributed by atoms with Gasteiger partial charge >= 0.3 is 0 Å². The Balaban J connectivity index is 0.00000481. The summed E-state index contributed by atoms with van der Waals surface area (Å²) in [6.45, 7) is 21.5. The number of aromatic nitrogens is 1. The molecule has 1 aromatic heterocycles. The average Bonchev–Trinajstić information content (AvgIpc) is 2.86. The van der Waals surface area contributed by atoms with Crippen LogP contribution < -0.4 is 0 Å². The van der Waals surface area contributed by atoms with E-state index in [0.717, 1.165) is 50.5 Å². The molecule has 0 spiro atoms. The van der Waals surface area contributed by atoms with Crippen LogP contribution in [0, 0.1) is 26.7 Å². The number of hydrogen-bond donors (Lipinski definition) is 1. The van der Waals surface area contributed by atoms with Crippen LogP contribution in [0.5, 0.6) is 5.75 Å². The quantitative estimate of drug-likeness (QED) is 0.131. The molecule has 1 N–H and O–H groups in total. The zero-order chi connectivity index (χ0) is 26.4. The van der Waals surface area contributed by atoms with Crippen molar-refractivity contribution in [1.29, 1.82) is 0 Å². The van der Waals surface area contributed by atoms with Crippen molar-refractivity contribution < 1.29 is 30.9 Å². The van der Waals surface area contributed by atoms with Crippen molar-refractivity contribution in [2.24, 2.45) is 11.8 Å². The Bertz CT molecular complexity index is 1270. The summed E-state index contributed by atoms with van der Waals surface area (Å²) in [4.78, 5) is 4.97. The maximum Gasteiger partial charge on any atom is 0.126 e. The van der Waals surface area contributed by atoms with E-state index in [2.05, 4.69) is 60.8 Å². The minimum absolute atomic E-state index is 0. The van der Waals surface area contributed by atoms with E-state index in [1.807, 2.05) is 60.7 Å². The molecule has 0 radical (unpaired) electrons. The summed E-state index contributed by atoms with van der Waals surface area (Å²) in [5.74, 6) is 1.16. The molecule has 4 heteroatoms. The van der Waals surface area contributed by atoms with Crippen LogP contribution in [-0.4, -0.2) is 10.1 Å². The predicted octanol–water partition coefficient (Wildman–Crippen LogP) is 10.3. The normalized spacial score (nSPS) is 11.2. The summed E-state index contributed by atoms with van der Waals surface area (Å²) in [7, 11) is 0. The van der Waals surface area contributed by atoms with Gasteiger partial charge in [0.1, 0.15) is 5.75 Å². The third-order valence-electron chi connectivity index (χ3n) is 6.50. The summed E-state index contributed by atoms with van der Waals surface area (Å²) < 4.78 is 0. The topological polar surface area (TPSA) is 47.2 Å². The van der Waals surface area contributed by atoms with Crippen LogP contribution in [0.2, 0.25) is 0 Å². The fourth-order valence-corrected chi connectivity index (χ4v) is 4.32. The number of aromatic hydroxyl groups is 1. The molecule has 0 saturated heterocycles. The molecule has 0 fully saturated rings. The summed E-state index contributed by atoms with van der Waals surface area (Å²) in [5.41, 5.74) is 8.48. The summed E-state index contributed by atoms with van der Waals surface area (Å²) in [6, 6.07) is 20.1. The third-order valence-corrected chi connectivity index (χ3v) is 6.50. The van der Waals surface area contributed by atoms with E-state index in [1.165, 1.54) is 0 Å². The van der Waals surface area contributed by atoms with Crippen molar-refractivity contribution in [2.75, 3.05) is 0 Å². The molecule has 0 atom stereocenters. The molecule has 0 unspecified atom stereocenters. The van der Waals surface area contributed by atoms with Crippen molar-refractivity contribution in [1.82, 2.24) is 4.98 Å². The van der Waals surface area contributed by atoms with Gasteiger partial charge in [-0.15, -0.1) is 5.70 Å². The first-order valence-electron chi connectivity index (χ1n) is 12.8. The first-order chi connectivity index (χ1) is 17.1. The molecule has 3 rings (SSSR count). The minimum atomic E-state index is 0. The largest absolute Gasteiger partial charge is 0.679 e. The van der Waals surface area contributed by atoms with E-state index in [-0.39, 0.29) is 52.5 Å². The number of allylic oxidation sites excluding steroid dienone is 3. The molecule has 0 saturated carbocycles. The molecule has 0 aliphatic rings. The maximum atomic E-state index is 11.0. The number of phenolic OH excluding ortho intramolecular Hbond substituents is 1. The van der Waals surface area contributed by atoms with Crippen molar-refractivity contribution in [3.63, 3.8) is 0 Å². The zero-order valence-corrected chi connectivity index (χ0v) is 28.6. The van der Waals surface area contributed by atoms with Gasteiger partial charge in [-0.05, 0) is 41.0 Å². The van der Waals surface area contributed by atoms with E-state index < -0.39 is 0 Å². The van der Waals surface area contributed by atoms with Crippen LogP contribution in [0.25, 0.3) is 27.7 Å². The van der Waals surface area contributed by atoms with Crippen LogP contribution >= 0.6 is 0 Å². The molecule has 0 amide bonds. The van der Waals surface area contributed by atoms with Gasteiger partial charge < -0.3 is 25.3 Å². The Labute approximate surface area is 257 Å². The number of para-hydroxylation sites is 1. The van der Waals surface area contributed by atoms with Crippen LogP contribution in [-0.2, 0) is 32.4 Å². The second-order valence-electron chi connectivity index (χ2n) is 10.1. The number of nitrogens with zero attached hydrogens (tertiary/aromatic N) is 2. The van der Waals surface area contributed by atoms with Gasteiger partial charge in [-0.25, -0.2) is 0 Å². The number of hydrogen-bond acceptors (Lipinski definition) is 2. The number of phenols is 1. The van der Waals surface area contributed by atoms with Gasteiger partial charge in [-0.2, -0.15) is 0 Å². The van der Waals surface area contributed by atoms with E-state index in [9.17, 15) is 5.11 Å². The zero-order valence-electron chi connectivity index (χ0n) is 25.0. The van der Waals surface area contributed by atoms with E-state index in [0.29, 0.717) is 18.2 Å². The first kappa shape index (κ1) is 36.3. The molecule has 3 nitrogen and oxygen atoms in total. The molecule has 0 aliphatic carbocycles. The maximum absolute atomic E-state index is 11.0. The Morgan fingerprint density at radius 1 is 0.846 bits per heavy atom. The molecule has 2 aromatic carbocycles. The molecule has 1 heterocycles. The van der Waals surface area contributed by atoms with Crippen LogP contribution in [0.4, 0.5) is 0 Å². The second-order valence-corrected chi connectivity index (χ2v) is 10.1. The molecule has 208 valence electrons. The van der Waals surface area contributed by atoms with E-state index >= 15 is 0 Å². The predicted molar refractivity (Wildman–Crippen MR) is 167 cm³/mol. The van der Waals surface area contributed by atoms with Crippen LogP contribution in [0.1, 0.15) is 58.7 Å². The molecule has 0 bridgehead atoms. The van der Waals surface area contributed by atoms with Gasteiger partial charge in [-0.3, -0.25) is 4.98 Å². The van der Waals surface area contributed by atoms with Crippen molar-refractivity contribution >= 4 is 0 Å². The standard InChI is InChI=1S/C33H39N2O.2CH3.Hf/c1-9-26(22(4)5)32(24(8)21(2)3)34-20-25-14-12-19-31(35-25)29-16-11-10-15-28(29)30-18-13-17-27(23(6)7)33(30)36;;;/h9-19,21-23H,1,8,20H2,2-7H3,(H,35,36);2*1H3;/q3*-1;/b32-26-;;;. The van der Waals surface area contributed by atoms with Crippen molar-refractivity contribution in [3.05, 3.63) is 128 Å². The van der Waals surface area contributed by atoms with Gasteiger partial charge in [0.25, 0.3) is 0 Å². The minimum Gasteiger partial charge on any atom is -0.679 e. The Morgan fingerprint density at radius 3 is 2.00 bits per heavy atom. The Morgan fingerprint density at radius 2 is 1.44 bits per heavy atom. The summed E-state index contributed by atoms with van der Waals surface area (Å²) in [5, 5.41) is 16.0. The fourth-order valence-electron chi connectivity index (χ4n) is 4.32. The van der Waals surface area contributed by atoms with Gasteiger partial charge in [-0.1, -0.05) is 127 Å².